The van der Waals surface area contributed by atoms with Gasteiger partial charge in [-0.1, -0.05) is 17.3 Å². The molecule has 0 atom stereocenters. The summed E-state index contributed by atoms with van der Waals surface area (Å²) in [4.78, 5) is 14.5. The van der Waals surface area contributed by atoms with Crippen LogP contribution in [0.25, 0.3) is 5.69 Å². The Balaban J connectivity index is 1.14. The zero-order valence-electron chi connectivity index (χ0n) is 21.1. The van der Waals surface area contributed by atoms with Gasteiger partial charge in [0.15, 0.2) is 5.82 Å². The first kappa shape index (κ1) is 25.2. The van der Waals surface area contributed by atoms with E-state index in [9.17, 15) is 13.6 Å². The van der Waals surface area contributed by atoms with Gasteiger partial charge in [0.2, 0.25) is 11.8 Å². The minimum Gasteiger partial charge on any atom is -0.470 e. The maximum Gasteiger partial charge on any atom is 0.263 e. The van der Waals surface area contributed by atoms with Gasteiger partial charge in [0, 0.05) is 37.0 Å². The third-order valence-electron chi connectivity index (χ3n) is 6.30. The number of amides is 1. The molecule has 198 valence electrons. The number of halogens is 2. The summed E-state index contributed by atoms with van der Waals surface area (Å²) in [5.41, 5.74) is 2.53. The molecule has 0 saturated carbocycles. The zero-order chi connectivity index (χ0) is 26.8. The van der Waals surface area contributed by atoms with Crippen LogP contribution in [0.3, 0.4) is 0 Å². The Bertz CT molecular complexity index is 1400. The molecule has 0 spiro atoms. The summed E-state index contributed by atoms with van der Waals surface area (Å²) < 4.78 is 34.9. The lowest BCUT2D eigenvalue weighted by molar-refractivity contribution is -0.120. The van der Waals surface area contributed by atoms with Crippen molar-refractivity contribution in [3.8, 4) is 11.6 Å². The fourth-order valence-corrected chi connectivity index (χ4v) is 3.97. The number of carbonyl (C=O) groups is 1. The van der Waals surface area contributed by atoms with E-state index >= 15 is 0 Å². The van der Waals surface area contributed by atoms with Crippen molar-refractivity contribution in [2.75, 3.05) is 23.3 Å². The molecule has 1 amide bonds. The fourth-order valence-electron chi connectivity index (χ4n) is 3.97. The van der Waals surface area contributed by atoms with Gasteiger partial charge >= 0.3 is 0 Å². The summed E-state index contributed by atoms with van der Waals surface area (Å²) in [6.07, 6.45) is 0.925. The van der Waals surface area contributed by atoms with Crippen molar-refractivity contribution < 1.29 is 18.3 Å². The highest BCUT2D eigenvalue weighted by Crippen LogP contribution is 2.25. The number of anilines is 2. The molecule has 1 aliphatic rings. The van der Waals surface area contributed by atoms with E-state index in [0.29, 0.717) is 47.5 Å². The molecule has 1 fully saturated rings. The fraction of sp³-hybridized carbons (Fsp3) is 0.360. The highest BCUT2D eigenvalue weighted by Gasteiger charge is 2.34. The van der Waals surface area contributed by atoms with Crippen molar-refractivity contribution in [3.63, 3.8) is 0 Å². The second kappa shape index (κ2) is 10.5. The summed E-state index contributed by atoms with van der Waals surface area (Å²) in [6, 6.07) is 9.55. The first-order valence-electron chi connectivity index (χ1n) is 12.1. The Morgan fingerprint density at radius 1 is 1.11 bits per heavy atom. The number of aromatic nitrogens is 7. The lowest BCUT2D eigenvalue weighted by Gasteiger charge is -2.38. The third kappa shape index (κ3) is 5.31. The second-order valence-corrected chi connectivity index (χ2v) is 9.34. The van der Waals surface area contributed by atoms with E-state index in [0.717, 1.165) is 0 Å². The summed E-state index contributed by atoms with van der Waals surface area (Å²) in [6.45, 7) is 7.01. The number of aryl methyl sites for hydroxylation is 1. The maximum absolute atomic E-state index is 12.9. The normalized spacial score (nSPS) is 13.7. The monoisotopic (exact) mass is 523 g/mol. The van der Waals surface area contributed by atoms with E-state index in [1.54, 1.807) is 46.7 Å². The Labute approximate surface area is 217 Å². The number of carbonyl (C=O) groups excluding carboxylic acids is 1. The summed E-state index contributed by atoms with van der Waals surface area (Å²) in [5.74, 6) is 0.754. The molecule has 0 aliphatic carbocycles. The van der Waals surface area contributed by atoms with Crippen molar-refractivity contribution in [2.24, 2.45) is 5.92 Å². The minimum absolute atomic E-state index is 0.0538. The average Bonchev–Trinajstić information content (AvgIpc) is 3.49. The van der Waals surface area contributed by atoms with E-state index in [1.165, 1.54) is 12.1 Å². The first-order valence-corrected chi connectivity index (χ1v) is 12.1. The Hall–Kier alpha value is -4.42. The van der Waals surface area contributed by atoms with Crippen LogP contribution in [0.5, 0.6) is 5.88 Å². The van der Waals surface area contributed by atoms with Crippen LogP contribution in [-0.4, -0.2) is 54.0 Å². The molecule has 1 N–H and O–H groups in total. The van der Waals surface area contributed by atoms with Crippen LogP contribution in [0.4, 0.5) is 20.3 Å². The molecule has 4 aromatic rings. The van der Waals surface area contributed by atoms with Gasteiger partial charge in [-0.15, -0.1) is 15.3 Å². The Morgan fingerprint density at radius 3 is 2.50 bits per heavy atom. The molecule has 1 aromatic carbocycles. The Morgan fingerprint density at radius 2 is 1.87 bits per heavy atom. The lowest BCUT2D eigenvalue weighted by Crippen LogP contribution is -2.52. The van der Waals surface area contributed by atoms with E-state index in [2.05, 4.69) is 30.9 Å². The summed E-state index contributed by atoms with van der Waals surface area (Å²) >= 11 is 0. The van der Waals surface area contributed by atoms with Gasteiger partial charge in [-0.2, -0.15) is 5.10 Å². The average molecular weight is 524 g/mol. The van der Waals surface area contributed by atoms with Gasteiger partial charge in [-0.05, 0) is 39.0 Å². The Kier molecular flexibility index (Phi) is 6.99. The van der Waals surface area contributed by atoms with Gasteiger partial charge < -0.3 is 15.0 Å². The predicted octanol–water partition coefficient (Wildman–Crippen LogP) is 3.73. The standard InChI is InChI=1S/C25H27F2N9O2/c1-15(2)35-13-19(10-28-35)29-25(37)18-11-34(12-18)22-8-9-23(32-31-22)38-14-21-16(3)30-33-36(21)20-6-4-17(5-7-20)24(26)27/h4-10,13,15,18,24H,11-12,14H2,1-3H3,(H,29,37). The van der Waals surface area contributed by atoms with E-state index in [1.807, 2.05) is 24.9 Å². The number of ether oxygens (including phenoxy) is 1. The van der Waals surface area contributed by atoms with Crippen LogP contribution >= 0.6 is 0 Å². The number of rotatable bonds is 9. The van der Waals surface area contributed by atoms with Crippen molar-refractivity contribution in [1.82, 2.24) is 35.0 Å². The van der Waals surface area contributed by atoms with Crippen LogP contribution in [0.15, 0.2) is 48.8 Å². The molecule has 0 unspecified atom stereocenters. The topological polar surface area (TPSA) is 116 Å². The molecular weight excluding hydrogens is 496 g/mol. The second-order valence-electron chi connectivity index (χ2n) is 9.34. The molecule has 13 heteroatoms. The third-order valence-corrected chi connectivity index (χ3v) is 6.30. The van der Waals surface area contributed by atoms with Crippen molar-refractivity contribution in [3.05, 3.63) is 65.7 Å². The zero-order valence-corrected chi connectivity index (χ0v) is 21.1. The van der Waals surface area contributed by atoms with Crippen LogP contribution in [0.1, 0.15) is 43.3 Å². The number of hydrogen-bond acceptors (Lipinski definition) is 8. The van der Waals surface area contributed by atoms with E-state index < -0.39 is 6.43 Å². The summed E-state index contributed by atoms with van der Waals surface area (Å²) in [5, 5.41) is 23.7. The molecule has 0 bridgehead atoms. The largest absolute Gasteiger partial charge is 0.470 e. The van der Waals surface area contributed by atoms with Gasteiger partial charge in [0.05, 0.1) is 29.2 Å². The minimum atomic E-state index is -2.54. The quantitative estimate of drug-likeness (QED) is 0.353. The van der Waals surface area contributed by atoms with Gasteiger partial charge in [0.25, 0.3) is 6.43 Å². The molecule has 3 aromatic heterocycles. The molecule has 5 rings (SSSR count). The smallest absolute Gasteiger partial charge is 0.263 e. The molecule has 11 nitrogen and oxygen atoms in total. The molecule has 1 aliphatic heterocycles. The van der Waals surface area contributed by atoms with Gasteiger partial charge in [-0.25, -0.2) is 13.5 Å². The number of benzene rings is 1. The predicted molar refractivity (Wildman–Crippen MR) is 134 cm³/mol. The van der Waals surface area contributed by atoms with E-state index in [4.69, 9.17) is 4.74 Å². The molecular formula is C25H27F2N9O2. The first-order chi connectivity index (χ1) is 18.3. The lowest BCUT2D eigenvalue weighted by atomic mass is 9.99. The van der Waals surface area contributed by atoms with Crippen molar-refractivity contribution in [2.45, 2.75) is 39.8 Å². The summed E-state index contributed by atoms with van der Waals surface area (Å²) in [7, 11) is 0. The van der Waals surface area contributed by atoms with Crippen LogP contribution in [0.2, 0.25) is 0 Å². The maximum atomic E-state index is 12.9. The van der Waals surface area contributed by atoms with Crippen LogP contribution in [0, 0.1) is 12.8 Å². The number of hydrogen-bond donors (Lipinski definition) is 1. The number of nitrogens with zero attached hydrogens (tertiary/aromatic N) is 8. The van der Waals surface area contributed by atoms with Crippen LogP contribution < -0.4 is 15.0 Å². The van der Waals surface area contributed by atoms with E-state index in [-0.39, 0.29) is 30.0 Å². The van der Waals surface area contributed by atoms with Gasteiger partial charge in [0.1, 0.15) is 12.3 Å². The molecule has 1 saturated heterocycles. The highest BCUT2D eigenvalue weighted by atomic mass is 19.3. The van der Waals surface area contributed by atoms with Gasteiger partial charge in [-0.3, -0.25) is 9.48 Å². The number of nitrogens with one attached hydrogen (secondary N) is 1. The molecule has 38 heavy (non-hydrogen) atoms. The SMILES string of the molecule is Cc1nnn(-c2ccc(C(F)F)cc2)c1COc1ccc(N2CC(C(=O)Nc3cnn(C(C)C)c3)C2)nn1. The molecule has 4 heterocycles. The van der Waals surface area contributed by atoms with Crippen LogP contribution in [-0.2, 0) is 11.4 Å². The number of alkyl halides is 2. The molecule has 0 radical (unpaired) electrons. The van der Waals surface area contributed by atoms with Crippen molar-refractivity contribution in [1.29, 1.82) is 0 Å². The highest BCUT2D eigenvalue weighted by molar-refractivity contribution is 5.94. The van der Waals surface area contributed by atoms with Crippen molar-refractivity contribution >= 4 is 17.4 Å².